The fraction of sp³-hybridized carbons (Fsp3) is 0.480. The van der Waals surface area contributed by atoms with E-state index in [9.17, 15) is 22.8 Å². The molecule has 0 radical (unpaired) electrons. The summed E-state index contributed by atoms with van der Waals surface area (Å²) in [5.74, 6) is -1.72. The van der Waals surface area contributed by atoms with E-state index in [1.165, 1.54) is 42.1 Å². The van der Waals surface area contributed by atoms with Crippen LogP contribution in [0, 0.1) is 11.8 Å². The number of fused-ring (bicyclic) bond motifs is 1. The average Bonchev–Trinajstić information content (AvgIpc) is 3.28. The van der Waals surface area contributed by atoms with Gasteiger partial charge in [0.15, 0.2) is 6.04 Å². The first-order chi connectivity index (χ1) is 18.4. The van der Waals surface area contributed by atoms with Crippen molar-refractivity contribution < 1.29 is 27.5 Å². The van der Waals surface area contributed by atoms with Crippen LogP contribution < -0.4 is 11.1 Å². The van der Waals surface area contributed by atoms with Crippen LogP contribution in [0.3, 0.4) is 0 Å². The Morgan fingerprint density at radius 3 is 2.36 bits per heavy atom. The van der Waals surface area contributed by atoms with Crippen molar-refractivity contribution in [1.29, 1.82) is 0 Å². The highest BCUT2D eigenvalue weighted by Gasteiger charge is 2.46. The van der Waals surface area contributed by atoms with E-state index in [1.807, 2.05) is 0 Å². The van der Waals surface area contributed by atoms with Gasteiger partial charge < -0.3 is 20.7 Å². The smallest absolute Gasteiger partial charge is 0.375 e. The van der Waals surface area contributed by atoms with Crippen molar-refractivity contribution >= 4 is 40.6 Å². The number of methoxy groups -OCH3 is 1. The standard InChI is InChI=1S/C25H29ClF3N7O3/c1-13(39-3)19-18(12-31-24-33-23(26)34-36(19)24)32-17-10-8-14(9-11-17)20(25(27,28)29)35(2)22(38)16-6-4-15(5-7-16)21(30)37/h8-13,15-16,20,32H,4-7H2,1-3H3,(H2,30,37)/t13-,15?,16?,20+/m0/s1. The second-order valence-electron chi connectivity index (χ2n) is 9.62. The molecule has 2 atom stereocenters. The lowest BCUT2D eigenvalue weighted by Crippen LogP contribution is -2.43. The van der Waals surface area contributed by atoms with Gasteiger partial charge in [-0.3, -0.25) is 9.59 Å². The maximum atomic E-state index is 14.2. The molecule has 1 saturated carbocycles. The van der Waals surface area contributed by atoms with E-state index in [0.29, 0.717) is 42.8 Å². The Labute approximate surface area is 227 Å². The van der Waals surface area contributed by atoms with Gasteiger partial charge in [0.25, 0.3) is 5.78 Å². The Balaban J connectivity index is 1.56. The summed E-state index contributed by atoms with van der Waals surface area (Å²) < 4.78 is 49.5. The van der Waals surface area contributed by atoms with Crippen LogP contribution in [0.4, 0.5) is 24.5 Å². The minimum Gasteiger partial charge on any atom is -0.375 e. The molecular weight excluding hydrogens is 539 g/mol. The number of hydrogen-bond donors (Lipinski definition) is 2. The lowest BCUT2D eigenvalue weighted by Gasteiger charge is -2.35. The van der Waals surface area contributed by atoms with Crippen LogP contribution in [0.1, 0.15) is 56.0 Å². The molecule has 1 aliphatic carbocycles. The number of nitrogens with zero attached hydrogens (tertiary/aromatic N) is 5. The van der Waals surface area contributed by atoms with Crippen LogP contribution in [0.15, 0.2) is 30.5 Å². The van der Waals surface area contributed by atoms with E-state index in [2.05, 4.69) is 20.4 Å². The molecule has 3 aromatic rings. The molecule has 2 aromatic heterocycles. The largest absolute Gasteiger partial charge is 0.413 e. The molecule has 2 amide bonds. The third kappa shape index (κ3) is 6.09. The Morgan fingerprint density at radius 2 is 1.79 bits per heavy atom. The number of carbonyl (C=O) groups is 2. The van der Waals surface area contributed by atoms with Crippen molar-refractivity contribution in [1.82, 2.24) is 24.5 Å². The van der Waals surface area contributed by atoms with Gasteiger partial charge in [-0.25, -0.2) is 4.98 Å². The number of carbonyl (C=O) groups excluding carboxylic acids is 2. The number of aromatic nitrogens is 4. The van der Waals surface area contributed by atoms with Gasteiger partial charge in [0.05, 0.1) is 23.7 Å². The molecule has 1 fully saturated rings. The predicted molar refractivity (Wildman–Crippen MR) is 137 cm³/mol. The van der Waals surface area contributed by atoms with Gasteiger partial charge in [0, 0.05) is 31.7 Å². The SMILES string of the molecule is CO[C@@H](C)c1c(Nc2ccc([C@@H](N(C)C(=O)C3CCC(C(N)=O)CC3)C(F)(F)F)cc2)cnc2nc(Cl)nn12. The number of nitrogens with two attached hydrogens (primary N) is 1. The zero-order valence-electron chi connectivity index (χ0n) is 21.6. The van der Waals surface area contributed by atoms with Gasteiger partial charge in [-0.15, -0.1) is 5.10 Å². The molecule has 1 aliphatic rings. The van der Waals surface area contributed by atoms with E-state index < -0.39 is 36.1 Å². The van der Waals surface area contributed by atoms with E-state index in [4.69, 9.17) is 22.1 Å². The molecule has 210 valence electrons. The summed E-state index contributed by atoms with van der Waals surface area (Å²) in [7, 11) is 2.68. The number of rotatable bonds is 8. The summed E-state index contributed by atoms with van der Waals surface area (Å²) in [6.07, 6.45) is -2.21. The van der Waals surface area contributed by atoms with E-state index >= 15 is 0 Å². The average molecular weight is 568 g/mol. The van der Waals surface area contributed by atoms with Gasteiger partial charge in [-0.2, -0.15) is 22.7 Å². The molecule has 0 saturated heterocycles. The number of anilines is 2. The van der Waals surface area contributed by atoms with Gasteiger partial charge in [0.2, 0.25) is 17.1 Å². The Morgan fingerprint density at radius 1 is 1.18 bits per heavy atom. The molecule has 0 spiro atoms. The first-order valence-electron chi connectivity index (χ1n) is 12.3. The zero-order valence-corrected chi connectivity index (χ0v) is 22.3. The minimum atomic E-state index is -4.70. The van der Waals surface area contributed by atoms with Gasteiger partial charge in [-0.05, 0) is 61.9 Å². The van der Waals surface area contributed by atoms with Crippen molar-refractivity contribution in [2.24, 2.45) is 17.6 Å². The number of hydrogen-bond acceptors (Lipinski definition) is 7. The van der Waals surface area contributed by atoms with Gasteiger partial charge in [0.1, 0.15) is 0 Å². The summed E-state index contributed by atoms with van der Waals surface area (Å²) in [6.45, 7) is 1.79. The molecule has 14 heteroatoms. The van der Waals surface area contributed by atoms with Crippen LogP contribution in [0.25, 0.3) is 5.78 Å². The number of halogens is 4. The Kier molecular flexibility index (Phi) is 8.31. The van der Waals surface area contributed by atoms with Crippen LogP contribution in [-0.4, -0.2) is 56.6 Å². The Hall–Kier alpha value is -3.45. The van der Waals surface area contributed by atoms with Gasteiger partial charge in [-0.1, -0.05) is 12.1 Å². The summed E-state index contributed by atoms with van der Waals surface area (Å²) in [6, 6.07) is 3.50. The normalized spacial score (nSPS) is 19.5. The summed E-state index contributed by atoms with van der Waals surface area (Å²) in [4.78, 5) is 33.5. The van der Waals surface area contributed by atoms with Crippen LogP contribution in [0.5, 0.6) is 0 Å². The molecule has 0 unspecified atom stereocenters. The predicted octanol–water partition coefficient (Wildman–Crippen LogP) is 4.58. The van der Waals surface area contributed by atoms with Crippen molar-refractivity contribution in [3.63, 3.8) is 0 Å². The molecule has 2 heterocycles. The van der Waals surface area contributed by atoms with Crippen LogP contribution >= 0.6 is 11.6 Å². The summed E-state index contributed by atoms with van der Waals surface area (Å²) in [5, 5.41) is 7.28. The van der Waals surface area contributed by atoms with Crippen molar-refractivity contribution in [3.8, 4) is 0 Å². The molecule has 10 nitrogen and oxygen atoms in total. The lowest BCUT2D eigenvalue weighted by molar-refractivity contribution is -0.191. The van der Waals surface area contributed by atoms with Crippen LogP contribution in [-0.2, 0) is 14.3 Å². The minimum absolute atomic E-state index is 0.00586. The maximum absolute atomic E-state index is 14.2. The molecule has 3 N–H and O–H groups in total. The molecule has 1 aromatic carbocycles. The van der Waals surface area contributed by atoms with E-state index in [1.54, 1.807) is 6.92 Å². The summed E-state index contributed by atoms with van der Waals surface area (Å²) in [5.41, 5.74) is 6.79. The fourth-order valence-corrected chi connectivity index (χ4v) is 5.15. The van der Waals surface area contributed by atoms with Crippen LogP contribution in [0.2, 0.25) is 5.28 Å². The highest BCUT2D eigenvalue weighted by atomic mass is 35.5. The summed E-state index contributed by atoms with van der Waals surface area (Å²) >= 11 is 5.93. The second-order valence-corrected chi connectivity index (χ2v) is 9.96. The zero-order chi connectivity index (χ0) is 28.5. The first kappa shape index (κ1) is 28.6. The highest BCUT2D eigenvalue weighted by molar-refractivity contribution is 6.28. The quantitative estimate of drug-likeness (QED) is 0.408. The number of ether oxygens (including phenoxy) is 1. The number of primary amides is 1. The molecule has 4 rings (SSSR count). The number of nitrogens with one attached hydrogen (secondary N) is 1. The van der Waals surface area contributed by atoms with Gasteiger partial charge >= 0.3 is 6.18 Å². The third-order valence-electron chi connectivity index (χ3n) is 7.15. The number of benzene rings is 1. The fourth-order valence-electron chi connectivity index (χ4n) is 5.00. The second kappa shape index (κ2) is 11.3. The highest BCUT2D eigenvalue weighted by Crippen LogP contribution is 2.40. The third-order valence-corrected chi connectivity index (χ3v) is 7.31. The van der Waals surface area contributed by atoms with Crippen molar-refractivity contribution in [3.05, 3.63) is 47.0 Å². The van der Waals surface area contributed by atoms with Crippen molar-refractivity contribution in [2.75, 3.05) is 19.5 Å². The topological polar surface area (TPSA) is 128 Å². The Bertz CT molecular complexity index is 1340. The number of amides is 2. The van der Waals surface area contributed by atoms with E-state index in [-0.39, 0.29) is 22.5 Å². The molecule has 39 heavy (non-hydrogen) atoms. The van der Waals surface area contributed by atoms with E-state index in [0.717, 1.165) is 11.9 Å². The first-order valence-corrected chi connectivity index (χ1v) is 12.7. The molecular formula is C25H29ClF3N7O3. The maximum Gasteiger partial charge on any atom is 0.413 e. The lowest BCUT2D eigenvalue weighted by atomic mass is 9.81. The monoisotopic (exact) mass is 567 g/mol. The van der Waals surface area contributed by atoms with Crippen molar-refractivity contribution in [2.45, 2.75) is 50.9 Å². The number of alkyl halides is 3. The molecule has 0 aliphatic heterocycles. The molecule has 0 bridgehead atoms.